The van der Waals surface area contributed by atoms with Gasteiger partial charge in [-0.1, -0.05) is 36.4 Å². The van der Waals surface area contributed by atoms with E-state index < -0.39 is 5.97 Å². The van der Waals surface area contributed by atoms with E-state index in [0.717, 1.165) is 21.0 Å². The molecule has 0 aliphatic carbocycles. The summed E-state index contributed by atoms with van der Waals surface area (Å²) in [4.78, 5) is 24.6. The van der Waals surface area contributed by atoms with Crippen molar-refractivity contribution < 1.29 is 13.9 Å². The first-order valence-corrected chi connectivity index (χ1v) is 8.21. The number of para-hydroxylation sites is 1. The van der Waals surface area contributed by atoms with Gasteiger partial charge in [-0.15, -0.1) is 0 Å². The van der Waals surface area contributed by atoms with Crippen LogP contribution in [-0.2, 0) is 22.7 Å². The van der Waals surface area contributed by atoms with E-state index >= 15 is 0 Å². The first-order valence-electron chi connectivity index (χ1n) is 8.21. The van der Waals surface area contributed by atoms with Crippen LogP contribution in [0.2, 0.25) is 0 Å². The number of aryl methyl sites for hydroxylation is 1. The number of nitrogens with zero attached hydrogens (tertiary/aromatic N) is 2. The third-order valence-corrected chi connectivity index (χ3v) is 4.18. The van der Waals surface area contributed by atoms with Crippen molar-refractivity contribution in [2.45, 2.75) is 20.1 Å². The van der Waals surface area contributed by atoms with Crippen LogP contribution in [0.4, 0.5) is 0 Å². The summed E-state index contributed by atoms with van der Waals surface area (Å²) in [6.45, 7) is 1.57. The molecular weight excluding hydrogens is 332 g/mol. The smallest absolute Gasteiger partial charge is 0.328 e. The zero-order valence-electron chi connectivity index (χ0n) is 14.1. The van der Waals surface area contributed by atoms with Gasteiger partial charge in [0.1, 0.15) is 24.5 Å². The summed E-state index contributed by atoms with van der Waals surface area (Å²) < 4.78 is 12.0. The fraction of sp³-hybridized carbons (Fsp3) is 0.150. The van der Waals surface area contributed by atoms with E-state index in [1.165, 1.54) is 0 Å². The van der Waals surface area contributed by atoms with Crippen LogP contribution >= 0.6 is 0 Å². The third-order valence-electron chi connectivity index (χ3n) is 4.18. The highest BCUT2D eigenvalue weighted by molar-refractivity contribution is 5.83. The van der Waals surface area contributed by atoms with Gasteiger partial charge in [0, 0.05) is 10.8 Å². The molecule has 0 unspecified atom stereocenters. The molecule has 0 radical (unpaired) electrons. The van der Waals surface area contributed by atoms with Crippen molar-refractivity contribution in [1.82, 2.24) is 9.78 Å². The Morgan fingerprint density at radius 1 is 1.12 bits per heavy atom. The topological polar surface area (TPSA) is 74.3 Å². The van der Waals surface area contributed by atoms with Crippen molar-refractivity contribution in [2.24, 2.45) is 0 Å². The van der Waals surface area contributed by atoms with E-state index in [-0.39, 0.29) is 18.7 Å². The standard InChI is InChI=1S/C20H16N2O4/c1-13-16-7-3-4-8-17(16)20(24)22(21-13)11-19(23)25-12-15-10-14-6-2-5-9-18(14)26-15/h2-10H,11-12H2,1H3. The monoisotopic (exact) mass is 348 g/mol. The van der Waals surface area contributed by atoms with Gasteiger partial charge < -0.3 is 9.15 Å². The first-order chi connectivity index (χ1) is 12.6. The van der Waals surface area contributed by atoms with Crippen molar-refractivity contribution in [2.75, 3.05) is 0 Å². The molecule has 6 nitrogen and oxygen atoms in total. The van der Waals surface area contributed by atoms with E-state index in [1.54, 1.807) is 19.1 Å². The molecular formula is C20H16N2O4. The second kappa shape index (κ2) is 6.48. The summed E-state index contributed by atoms with van der Waals surface area (Å²) in [7, 11) is 0. The number of carbonyl (C=O) groups excluding carboxylic acids is 1. The lowest BCUT2D eigenvalue weighted by Crippen LogP contribution is -2.28. The SMILES string of the molecule is Cc1nn(CC(=O)OCc2cc3ccccc3o2)c(=O)c2ccccc12. The van der Waals surface area contributed by atoms with Crippen LogP contribution in [0, 0.1) is 6.92 Å². The molecule has 0 saturated carbocycles. The maximum absolute atomic E-state index is 12.5. The second-order valence-electron chi connectivity index (χ2n) is 6.01. The molecule has 0 saturated heterocycles. The maximum Gasteiger partial charge on any atom is 0.328 e. The number of furan rings is 1. The number of carbonyl (C=O) groups is 1. The molecule has 0 amide bonds. The highest BCUT2D eigenvalue weighted by atomic mass is 16.5. The summed E-state index contributed by atoms with van der Waals surface area (Å²) in [5.74, 6) is 0.00397. The van der Waals surface area contributed by atoms with Gasteiger partial charge in [-0.2, -0.15) is 5.10 Å². The molecule has 2 aromatic heterocycles. The Bertz CT molecular complexity index is 1140. The van der Waals surface area contributed by atoms with E-state index in [1.807, 2.05) is 42.5 Å². The normalized spacial score (nSPS) is 11.1. The quantitative estimate of drug-likeness (QED) is 0.530. The van der Waals surface area contributed by atoms with Crippen LogP contribution in [0.5, 0.6) is 0 Å². The largest absolute Gasteiger partial charge is 0.457 e. The molecule has 0 aliphatic heterocycles. The Labute approximate surface area is 148 Å². The van der Waals surface area contributed by atoms with E-state index in [0.29, 0.717) is 16.8 Å². The summed E-state index contributed by atoms with van der Waals surface area (Å²) in [6, 6.07) is 16.6. The van der Waals surface area contributed by atoms with Crippen molar-refractivity contribution in [3.63, 3.8) is 0 Å². The molecule has 0 spiro atoms. The molecule has 6 heteroatoms. The Morgan fingerprint density at radius 3 is 2.65 bits per heavy atom. The van der Waals surface area contributed by atoms with Crippen LogP contribution in [0.3, 0.4) is 0 Å². The lowest BCUT2D eigenvalue weighted by atomic mass is 10.1. The van der Waals surface area contributed by atoms with Crippen LogP contribution in [0.1, 0.15) is 11.5 Å². The molecule has 0 N–H and O–H groups in total. The Morgan fingerprint density at radius 2 is 1.85 bits per heavy atom. The average Bonchev–Trinajstić information content (AvgIpc) is 3.07. The number of hydrogen-bond donors (Lipinski definition) is 0. The molecule has 26 heavy (non-hydrogen) atoms. The van der Waals surface area contributed by atoms with Crippen LogP contribution in [0.25, 0.3) is 21.7 Å². The highest BCUT2D eigenvalue weighted by Gasteiger charge is 2.13. The van der Waals surface area contributed by atoms with Gasteiger partial charge in [-0.25, -0.2) is 4.68 Å². The fourth-order valence-corrected chi connectivity index (χ4v) is 2.94. The molecule has 130 valence electrons. The number of ether oxygens (including phenoxy) is 1. The number of aromatic nitrogens is 2. The van der Waals surface area contributed by atoms with Gasteiger partial charge in [-0.05, 0) is 25.1 Å². The molecule has 4 rings (SSSR count). The summed E-state index contributed by atoms with van der Waals surface area (Å²) in [5.41, 5.74) is 1.11. The number of hydrogen-bond acceptors (Lipinski definition) is 5. The van der Waals surface area contributed by atoms with Gasteiger partial charge >= 0.3 is 5.97 Å². The van der Waals surface area contributed by atoms with Gasteiger partial charge in [0.05, 0.1) is 11.1 Å². The summed E-state index contributed by atoms with van der Waals surface area (Å²) in [5, 5.41) is 6.47. The van der Waals surface area contributed by atoms with Crippen LogP contribution in [0.15, 0.2) is 63.8 Å². The summed E-state index contributed by atoms with van der Waals surface area (Å²) >= 11 is 0. The summed E-state index contributed by atoms with van der Waals surface area (Å²) in [6.07, 6.45) is 0. The fourth-order valence-electron chi connectivity index (χ4n) is 2.94. The van der Waals surface area contributed by atoms with Gasteiger partial charge in [-0.3, -0.25) is 9.59 Å². The van der Waals surface area contributed by atoms with Crippen molar-refractivity contribution in [3.8, 4) is 0 Å². The lowest BCUT2D eigenvalue weighted by Gasteiger charge is -2.08. The van der Waals surface area contributed by atoms with Crippen LogP contribution in [-0.4, -0.2) is 15.7 Å². The molecule has 0 aliphatic rings. The third kappa shape index (κ3) is 2.97. The van der Waals surface area contributed by atoms with E-state index in [2.05, 4.69) is 5.10 Å². The molecule has 2 aromatic carbocycles. The predicted octanol–water partition coefficient (Wildman–Crippen LogP) is 3.19. The van der Waals surface area contributed by atoms with Gasteiger partial charge in [0.25, 0.3) is 5.56 Å². The minimum Gasteiger partial charge on any atom is -0.457 e. The number of esters is 1. The number of rotatable bonds is 4. The molecule has 4 aromatic rings. The minimum atomic E-state index is -0.547. The van der Waals surface area contributed by atoms with E-state index in [9.17, 15) is 9.59 Å². The van der Waals surface area contributed by atoms with Gasteiger partial charge in [0.15, 0.2) is 0 Å². The lowest BCUT2D eigenvalue weighted by molar-refractivity contribution is -0.146. The van der Waals surface area contributed by atoms with Crippen molar-refractivity contribution >= 4 is 27.7 Å². The van der Waals surface area contributed by atoms with Crippen molar-refractivity contribution in [3.05, 3.63) is 76.4 Å². The molecule has 0 atom stereocenters. The van der Waals surface area contributed by atoms with Gasteiger partial charge in [0.2, 0.25) is 0 Å². The zero-order valence-corrected chi connectivity index (χ0v) is 14.1. The predicted molar refractivity (Wildman–Crippen MR) is 96.8 cm³/mol. The number of fused-ring (bicyclic) bond motifs is 2. The molecule has 0 bridgehead atoms. The highest BCUT2D eigenvalue weighted by Crippen LogP contribution is 2.19. The Balaban J connectivity index is 1.50. The average molecular weight is 348 g/mol. The van der Waals surface area contributed by atoms with Crippen molar-refractivity contribution in [1.29, 1.82) is 0 Å². The second-order valence-corrected chi connectivity index (χ2v) is 6.01. The molecule has 0 fully saturated rings. The van der Waals surface area contributed by atoms with Crippen LogP contribution < -0.4 is 5.56 Å². The molecule has 2 heterocycles. The zero-order chi connectivity index (χ0) is 18.1. The number of benzene rings is 2. The Hall–Kier alpha value is -3.41. The Kier molecular flexibility index (Phi) is 4.01. The first kappa shape index (κ1) is 16.1. The van der Waals surface area contributed by atoms with E-state index in [4.69, 9.17) is 9.15 Å². The minimum absolute atomic E-state index is 0.00876. The maximum atomic E-state index is 12.5.